The van der Waals surface area contributed by atoms with E-state index in [4.69, 9.17) is 39.6 Å². The van der Waals surface area contributed by atoms with Gasteiger partial charge >= 0.3 is 5.97 Å². The minimum atomic E-state index is -1.12. The van der Waals surface area contributed by atoms with Gasteiger partial charge in [0.15, 0.2) is 34.5 Å². The van der Waals surface area contributed by atoms with E-state index < -0.39 is 17.9 Å². The number of aromatic carboxylic acids is 1. The molecule has 0 fully saturated rings. The van der Waals surface area contributed by atoms with Crippen molar-refractivity contribution in [2.45, 2.75) is 40.7 Å². The number of aromatic amines is 1. The highest BCUT2D eigenvalue weighted by atomic mass is 35.5. The molecule has 0 aliphatic rings. The summed E-state index contributed by atoms with van der Waals surface area (Å²) in [4.78, 5) is 57.1. The number of hydrogen-bond donors (Lipinski definition) is 7. The third-order valence-electron chi connectivity index (χ3n) is 9.02. The number of nitrogens with one attached hydrogen (secondary N) is 2. The Labute approximate surface area is 339 Å². The molecule has 0 saturated heterocycles. The predicted molar refractivity (Wildman–Crippen MR) is 224 cm³/mol. The quantitative estimate of drug-likeness (QED) is 0.114. The van der Waals surface area contributed by atoms with Gasteiger partial charge in [0.25, 0.3) is 11.5 Å². The Morgan fingerprint density at radius 1 is 0.831 bits per heavy atom. The molecule has 0 spiro atoms. The van der Waals surface area contributed by atoms with Gasteiger partial charge in [-0.05, 0) is 76.4 Å². The van der Waals surface area contributed by atoms with Crippen LogP contribution in [-0.4, -0.2) is 66.7 Å². The van der Waals surface area contributed by atoms with Crippen LogP contribution in [0.15, 0.2) is 77.7 Å². The van der Waals surface area contributed by atoms with Gasteiger partial charge in [-0.1, -0.05) is 41.9 Å². The molecule has 59 heavy (non-hydrogen) atoms. The maximum atomic E-state index is 13.6. The van der Waals surface area contributed by atoms with Crippen LogP contribution in [0.1, 0.15) is 73.7 Å². The van der Waals surface area contributed by atoms with Gasteiger partial charge in [0.1, 0.15) is 22.5 Å². The topological polar surface area (TPSA) is 299 Å². The van der Waals surface area contributed by atoms with Crippen LogP contribution in [0.4, 0.5) is 23.3 Å². The molecule has 6 aromatic heterocycles. The lowest BCUT2D eigenvalue weighted by Crippen LogP contribution is -2.32. The minimum Gasteiger partial charge on any atom is -0.477 e. The zero-order valence-electron chi connectivity index (χ0n) is 32.4. The first kappa shape index (κ1) is 40.9. The molecular formula is C39H39ClN14O5. The predicted octanol–water partition coefficient (Wildman–Crippen LogP) is 4.47. The molecular weight excluding hydrogens is 780 g/mol. The van der Waals surface area contributed by atoms with Gasteiger partial charge < -0.3 is 33.4 Å². The summed E-state index contributed by atoms with van der Waals surface area (Å²) < 4.78 is 4.48. The Hall–Kier alpha value is -7.80. The molecule has 0 aliphatic carbocycles. The fourth-order valence-corrected chi connectivity index (χ4v) is 6.64. The number of carbonyl (C=O) groups is 3. The summed E-state index contributed by atoms with van der Waals surface area (Å²) in [5.74, 6) is -1.27. The number of halogens is 1. The molecule has 20 heteroatoms. The molecule has 1 atom stereocenters. The molecule has 0 saturated carbocycles. The first-order valence-electron chi connectivity index (χ1n) is 17.8. The number of aromatic nitrogens is 9. The highest BCUT2D eigenvalue weighted by Gasteiger charge is 2.25. The van der Waals surface area contributed by atoms with Crippen LogP contribution in [0.3, 0.4) is 0 Å². The smallest absolute Gasteiger partial charge is 0.343 e. The largest absolute Gasteiger partial charge is 0.477 e. The maximum absolute atomic E-state index is 13.6. The number of rotatable bonds is 6. The van der Waals surface area contributed by atoms with Crippen molar-refractivity contribution in [3.63, 3.8) is 0 Å². The third kappa shape index (κ3) is 8.07. The summed E-state index contributed by atoms with van der Waals surface area (Å²) in [5, 5.41) is 27.4. The summed E-state index contributed by atoms with van der Waals surface area (Å²) >= 11 is 6.39. The Morgan fingerprint density at radius 3 is 2.14 bits per heavy atom. The Balaban J connectivity index is 0.000000198. The fourth-order valence-electron chi connectivity index (χ4n) is 6.38. The molecule has 6 heterocycles. The second-order valence-electron chi connectivity index (χ2n) is 13.3. The summed E-state index contributed by atoms with van der Waals surface area (Å²) in [6.07, 6.45) is 1.63. The van der Waals surface area contributed by atoms with Crippen molar-refractivity contribution in [2.75, 3.05) is 22.9 Å². The molecule has 0 radical (unpaired) electrons. The van der Waals surface area contributed by atoms with Crippen LogP contribution >= 0.6 is 11.6 Å². The van der Waals surface area contributed by atoms with Crippen LogP contribution in [0.25, 0.3) is 27.8 Å². The average Bonchev–Trinajstić information content (AvgIpc) is 3.82. The molecule has 0 bridgehead atoms. The second-order valence-corrected chi connectivity index (χ2v) is 13.7. The summed E-state index contributed by atoms with van der Waals surface area (Å²) in [6, 6.07) is 19.5. The number of aryl methyl sites for hydroxylation is 3. The van der Waals surface area contributed by atoms with Crippen molar-refractivity contribution in [2.24, 2.45) is 0 Å². The van der Waals surface area contributed by atoms with E-state index in [1.807, 2.05) is 69.3 Å². The van der Waals surface area contributed by atoms with E-state index in [1.54, 1.807) is 40.4 Å². The molecule has 0 unspecified atom stereocenters. The summed E-state index contributed by atoms with van der Waals surface area (Å²) in [6.45, 7) is 8.69. The van der Waals surface area contributed by atoms with Gasteiger partial charge in [-0.15, -0.1) is 10.2 Å². The van der Waals surface area contributed by atoms with E-state index in [-0.39, 0.29) is 57.0 Å². The highest BCUT2D eigenvalue weighted by Crippen LogP contribution is 2.27. The number of hydrogen-bond acceptors (Lipinski definition) is 13. The van der Waals surface area contributed by atoms with E-state index in [2.05, 4.69) is 35.7 Å². The van der Waals surface area contributed by atoms with Crippen LogP contribution in [0.5, 0.6) is 0 Å². The summed E-state index contributed by atoms with van der Waals surface area (Å²) in [5.41, 5.74) is 26.6. The van der Waals surface area contributed by atoms with E-state index in [1.165, 1.54) is 11.4 Å². The first-order valence-corrected chi connectivity index (χ1v) is 18.1. The third-order valence-corrected chi connectivity index (χ3v) is 9.33. The van der Waals surface area contributed by atoms with E-state index in [0.29, 0.717) is 32.8 Å². The molecule has 0 aliphatic heterocycles. The number of benzene rings is 2. The van der Waals surface area contributed by atoms with Crippen LogP contribution < -0.4 is 33.8 Å². The number of carbonyl (C=O) groups excluding carboxylic acids is 2. The first-order chi connectivity index (χ1) is 28.0. The molecule has 1 amide bonds. The number of Topliss-reactive ketones (excluding diaryl/α,β-unsaturated/α-hetero) is 1. The second kappa shape index (κ2) is 16.4. The van der Waals surface area contributed by atoms with Gasteiger partial charge in [-0.3, -0.25) is 24.0 Å². The van der Waals surface area contributed by atoms with E-state index in [9.17, 15) is 19.2 Å². The number of para-hydroxylation sites is 1. The van der Waals surface area contributed by atoms with Gasteiger partial charge in [-0.25, -0.2) is 23.8 Å². The number of nitrogens with two attached hydrogens (primary N) is 4. The number of pyridine rings is 1. The van der Waals surface area contributed by atoms with Gasteiger partial charge in [-0.2, -0.15) is 5.10 Å². The Kier molecular flexibility index (Phi) is 11.3. The fraction of sp³-hybridized carbons (Fsp3) is 0.154. The molecule has 11 N–H and O–H groups in total. The number of nitrogens with zero attached hydrogens (tertiary/aromatic N) is 8. The number of carboxylic acid groups (broad SMARTS) is 1. The number of carboxylic acids is 1. The van der Waals surface area contributed by atoms with E-state index >= 15 is 0 Å². The lowest BCUT2D eigenvalue weighted by Gasteiger charge is -2.21. The normalized spacial score (nSPS) is 11.4. The molecule has 302 valence electrons. The van der Waals surface area contributed by atoms with E-state index in [0.717, 1.165) is 17.1 Å². The molecule has 8 aromatic rings. The van der Waals surface area contributed by atoms with Crippen molar-refractivity contribution in [3.8, 4) is 5.69 Å². The van der Waals surface area contributed by atoms with Crippen LogP contribution in [0.2, 0.25) is 5.02 Å². The number of anilines is 4. The standard InChI is InChI=1S/C26H23ClN6O2.C8H8N4O2.C5H8N4O/c1-14-12-15(2)33-24(29-14)22(23(28)31-33)25(34)30-16(3)20-13-17-8-7-11-19(27)21(17)26(35)32(20)18-9-5-4-6-10-18;1-4-2-3-12-7(10-4)5(8(13)14)6(9)11-12;1-2(10)3-4(6)8-9-5(3)7/h4-13,16H,1-3H3,(H2,28,31)(H,30,34);2-3H,1H3,(H2,9,11)(H,13,14);1H3,(H5,6,7,8,9)/t16-;;/m0../s1. The number of fused-ring (bicyclic) bond motifs is 3. The molecule has 8 rings (SSSR count). The number of amides is 1. The Bertz CT molecular complexity index is 2970. The van der Waals surface area contributed by atoms with Gasteiger partial charge in [0.05, 0.1) is 16.5 Å². The molecule has 19 nitrogen and oxygen atoms in total. The number of H-pyrrole nitrogens is 1. The number of ketones is 1. The summed E-state index contributed by atoms with van der Waals surface area (Å²) in [7, 11) is 0. The SMILES string of the molecule is CC(=O)c1c(N)n[nH]c1N.Cc1cc(C)n2nc(N)c(C(=O)N[C@@H](C)c3cc4cccc(Cl)c4c(=O)n3-c3ccccc3)c2n1.Cc1ccn2nc(N)c(C(=O)O)c2n1. The maximum Gasteiger partial charge on any atom is 0.343 e. The monoisotopic (exact) mass is 818 g/mol. The van der Waals surface area contributed by atoms with Gasteiger partial charge in [0, 0.05) is 34.7 Å². The number of nitrogen functional groups attached to an aromatic ring is 4. The zero-order chi connectivity index (χ0) is 42.9. The van der Waals surface area contributed by atoms with Crippen molar-refractivity contribution < 1.29 is 19.5 Å². The minimum absolute atomic E-state index is 0.0180. The lowest BCUT2D eigenvalue weighted by atomic mass is 10.1. The van der Waals surface area contributed by atoms with Gasteiger partial charge in [0.2, 0.25) is 0 Å². The highest BCUT2D eigenvalue weighted by molar-refractivity contribution is 6.35. The van der Waals surface area contributed by atoms with Crippen molar-refractivity contribution >= 4 is 74.6 Å². The van der Waals surface area contributed by atoms with Crippen molar-refractivity contribution in [1.29, 1.82) is 0 Å². The Morgan fingerprint density at radius 2 is 1.51 bits per heavy atom. The molecule has 2 aromatic carbocycles. The van der Waals surface area contributed by atoms with Crippen LogP contribution in [0, 0.1) is 20.8 Å². The van der Waals surface area contributed by atoms with Crippen molar-refractivity contribution in [3.05, 3.63) is 128 Å². The average molecular weight is 819 g/mol. The zero-order valence-corrected chi connectivity index (χ0v) is 33.1. The van der Waals surface area contributed by atoms with Crippen LogP contribution in [-0.2, 0) is 0 Å². The lowest BCUT2D eigenvalue weighted by molar-refractivity contribution is 0.0699. The van der Waals surface area contributed by atoms with Crippen molar-refractivity contribution in [1.82, 2.24) is 49.3 Å².